The third-order valence-electron chi connectivity index (χ3n) is 8.40. The molecule has 1 amide bonds. The number of fused-ring (bicyclic) bond motifs is 1. The molecule has 1 heterocycles. The summed E-state index contributed by atoms with van der Waals surface area (Å²) in [7, 11) is 0. The second-order valence-corrected chi connectivity index (χ2v) is 9.55. The minimum Gasteiger partial charge on any atom is -0.507 e. The Labute approximate surface area is 166 Å². The van der Waals surface area contributed by atoms with E-state index in [0.29, 0.717) is 12.0 Å². The predicted molar refractivity (Wildman–Crippen MR) is 105 cm³/mol. The van der Waals surface area contributed by atoms with Gasteiger partial charge in [0.1, 0.15) is 5.75 Å². The Morgan fingerprint density at radius 2 is 2.00 bits per heavy atom. The second kappa shape index (κ2) is 6.46. The number of primary amides is 1. The molecule has 5 atom stereocenters. The van der Waals surface area contributed by atoms with Crippen LogP contribution in [0.4, 0.5) is 0 Å². The average Bonchev–Trinajstić information content (AvgIpc) is 3.16. The van der Waals surface area contributed by atoms with Crippen molar-refractivity contribution in [2.24, 2.45) is 17.6 Å². The first kappa shape index (κ1) is 18.4. The van der Waals surface area contributed by atoms with Crippen LogP contribution >= 0.6 is 0 Å². The Hall–Kier alpha value is -1.59. The van der Waals surface area contributed by atoms with Crippen molar-refractivity contribution in [3.8, 4) is 5.75 Å². The summed E-state index contributed by atoms with van der Waals surface area (Å²) in [4.78, 5) is 11.8. The second-order valence-electron chi connectivity index (χ2n) is 9.55. The molecule has 0 aromatic heterocycles. The van der Waals surface area contributed by atoms with Crippen LogP contribution in [0.25, 0.3) is 0 Å². The molecule has 1 saturated heterocycles. The highest BCUT2D eigenvalue weighted by Gasteiger charge is 2.64. The van der Waals surface area contributed by atoms with E-state index in [1.807, 2.05) is 6.07 Å². The fourth-order valence-electron chi connectivity index (χ4n) is 7.21. The van der Waals surface area contributed by atoms with Gasteiger partial charge in [-0.1, -0.05) is 18.9 Å². The Morgan fingerprint density at radius 1 is 1.18 bits per heavy atom. The molecule has 3 fully saturated rings. The summed E-state index contributed by atoms with van der Waals surface area (Å²) in [6.07, 6.45) is 10.0. The number of ether oxygens (including phenoxy) is 1. The Balaban J connectivity index is 1.61. The van der Waals surface area contributed by atoms with E-state index in [1.54, 1.807) is 6.07 Å². The molecular weight excluding hydrogens is 354 g/mol. The van der Waals surface area contributed by atoms with Crippen molar-refractivity contribution in [1.29, 1.82) is 0 Å². The van der Waals surface area contributed by atoms with Crippen molar-refractivity contribution in [2.45, 2.75) is 81.3 Å². The van der Waals surface area contributed by atoms with Gasteiger partial charge in [-0.15, -0.1) is 0 Å². The largest absolute Gasteiger partial charge is 0.507 e. The van der Waals surface area contributed by atoms with E-state index in [0.717, 1.165) is 81.9 Å². The SMILES string of the molecule is NC(=O)c1ccc2c(c1O)[C@@]13CCCC[C@@]1(O)[C@@H](C2)C(CC1CCCO1)CC3. The molecule has 1 aromatic rings. The third-order valence-corrected chi connectivity index (χ3v) is 8.40. The number of rotatable bonds is 3. The van der Waals surface area contributed by atoms with Crippen molar-refractivity contribution < 1.29 is 19.7 Å². The lowest BCUT2D eigenvalue weighted by Gasteiger charge is -2.63. The van der Waals surface area contributed by atoms with Gasteiger partial charge >= 0.3 is 0 Å². The summed E-state index contributed by atoms with van der Waals surface area (Å²) in [5.41, 5.74) is 6.34. The Morgan fingerprint density at radius 3 is 2.75 bits per heavy atom. The molecule has 5 heteroatoms. The smallest absolute Gasteiger partial charge is 0.252 e. The van der Waals surface area contributed by atoms with Gasteiger partial charge in [0.2, 0.25) is 0 Å². The van der Waals surface area contributed by atoms with Crippen LogP contribution in [0.2, 0.25) is 0 Å². The van der Waals surface area contributed by atoms with E-state index < -0.39 is 16.9 Å². The Kier molecular flexibility index (Phi) is 4.25. The van der Waals surface area contributed by atoms with Gasteiger partial charge < -0.3 is 20.7 Å². The lowest BCUT2D eigenvalue weighted by molar-refractivity contribution is -0.169. The van der Waals surface area contributed by atoms with E-state index in [2.05, 4.69) is 0 Å². The van der Waals surface area contributed by atoms with Crippen LogP contribution in [0.15, 0.2) is 12.1 Å². The molecular formula is C23H31NO4. The van der Waals surface area contributed by atoms with Gasteiger partial charge in [-0.25, -0.2) is 0 Å². The number of aromatic hydroxyl groups is 1. The van der Waals surface area contributed by atoms with Crippen LogP contribution in [0.1, 0.15) is 79.3 Å². The Bertz CT molecular complexity index is 802. The number of benzene rings is 1. The molecule has 152 valence electrons. The van der Waals surface area contributed by atoms with Crippen molar-refractivity contribution >= 4 is 5.91 Å². The molecule has 5 rings (SSSR count). The number of carbonyl (C=O) groups excluding carboxylic acids is 1. The monoisotopic (exact) mass is 385 g/mol. The average molecular weight is 386 g/mol. The maximum Gasteiger partial charge on any atom is 0.252 e. The molecule has 2 saturated carbocycles. The predicted octanol–water partition coefficient (Wildman–Crippen LogP) is 3.19. The topological polar surface area (TPSA) is 92.8 Å². The highest BCUT2D eigenvalue weighted by molar-refractivity contribution is 5.96. The van der Waals surface area contributed by atoms with Crippen LogP contribution in [0.5, 0.6) is 5.75 Å². The lowest BCUT2D eigenvalue weighted by Crippen LogP contribution is -2.65. The summed E-state index contributed by atoms with van der Waals surface area (Å²) >= 11 is 0. The van der Waals surface area contributed by atoms with Gasteiger partial charge in [0.05, 0.1) is 17.3 Å². The van der Waals surface area contributed by atoms with Gasteiger partial charge in [-0.3, -0.25) is 4.79 Å². The van der Waals surface area contributed by atoms with E-state index in [9.17, 15) is 15.0 Å². The number of hydrogen-bond donors (Lipinski definition) is 3. The van der Waals surface area contributed by atoms with E-state index >= 15 is 0 Å². The molecule has 4 aliphatic rings. The zero-order valence-corrected chi connectivity index (χ0v) is 16.5. The first-order chi connectivity index (χ1) is 13.5. The summed E-state index contributed by atoms with van der Waals surface area (Å²) < 4.78 is 5.92. The fourth-order valence-corrected chi connectivity index (χ4v) is 7.21. The van der Waals surface area contributed by atoms with Gasteiger partial charge in [0.15, 0.2) is 0 Å². The maximum absolute atomic E-state index is 12.1. The molecule has 5 nitrogen and oxygen atoms in total. The van der Waals surface area contributed by atoms with Crippen LogP contribution in [0.3, 0.4) is 0 Å². The summed E-state index contributed by atoms with van der Waals surface area (Å²) in [6.45, 7) is 0.864. The van der Waals surface area contributed by atoms with E-state index in [4.69, 9.17) is 10.5 Å². The quantitative estimate of drug-likeness (QED) is 0.745. The van der Waals surface area contributed by atoms with Crippen molar-refractivity contribution in [3.05, 3.63) is 28.8 Å². The molecule has 2 unspecified atom stereocenters. The first-order valence-electron chi connectivity index (χ1n) is 11.0. The van der Waals surface area contributed by atoms with Crippen LogP contribution in [-0.4, -0.2) is 34.4 Å². The van der Waals surface area contributed by atoms with Gasteiger partial charge in [-0.05, 0) is 74.8 Å². The molecule has 28 heavy (non-hydrogen) atoms. The van der Waals surface area contributed by atoms with Gasteiger partial charge in [0, 0.05) is 17.6 Å². The highest BCUT2D eigenvalue weighted by atomic mass is 16.5. The number of carbonyl (C=O) groups is 1. The number of phenols is 1. The van der Waals surface area contributed by atoms with Crippen molar-refractivity contribution in [3.63, 3.8) is 0 Å². The lowest BCUT2D eigenvalue weighted by atomic mass is 9.43. The van der Waals surface area contributed by atoms with E-state index in [1.165, 1.54) is 0 Å². The van der Waals surface area contributed by atoms with Crippen molar-refractivity contribution in [1.82, 2.24) is 0 Å². The third kappa shape index (κ3) is 2.42. The molecule has 2 bridgehead atoms. The zero-order chi connectivity index (χ0) is 19.5. The summed E-state index contributed by atoms with van der Waals surface area (Å²) in [5.74, 6) is 0.0501. The number of nitrogens with two attached hydrogens (primary N) is 1. The fraction of sp³-hybridized carbons (Fsp3) is 0.696. The van der Waals surface area contributed by atoms with Crippen LogP contribution < -0.4 is 5.73 Å². The molecule has 3 aliphatic carbocycles. The van der Waals surface area contributed by atoms with Crippen LogP contribution in [0, 0.1) is 11.8 Å². The molecule has 1 aliphatic heterocycles. The number of aliphatic hydroxyl groups is 1. The minimum absolute atomic E-state index is 0.0151. The normalized spacial score (nSPS) is 39.2. The minimum atomic E-state index is -0.812. The zero-order valence-electron chi connectivity index (χ0n) is 16.5. The summed E-state index contributed by atoms with van der Waals surface area (Å²) in [5, 5.41) is 23.2. The molecule has 1 aromatic carbocycles. The van der Waals surface area contributed by atoms with Gasteiger partial charge in [-0.2, -0.15) is 0 Å². The first-order valence-corrected chi connectivity index (χ1v) is 11.0. The van der Waals surface area contributed by atoms with E-state index in [-0.39, 0.29) is 17.2 Å². The summed E-state index contributed by atoms with van der Waals surface area (Å²) in [6, 6.07) is 3.62. The number of hydrogen-bond acceptors (Lipinski definition) is 4. The molecule has 4 N–H and O–H groups in total. The molecule has 0 spiro atoms. The maximum atomic E-state index is 12.1. The van der Waals surface area contributed by atoms with Crippen molar-refractivity contribution in [2.75, 3.05) is 6.61 Å². The standard InChI is InChI=1S/C23H31NO4/c24-21(26)17-6-5-15-13-18-14(12-16-4-3-11-28-16)7-10-22(19(15)20(17)25)8-1-2-9-23(18,22)27/h5-6,14,16,18,25,27H,1-4,7-13H2,(H2,24,26)/t14?,16?,18-,22-,23+/m0/s1. The molecule has 0 radical (unpaired) electrons. The van der Waals surface area contributed by atoms with Crippen LogP contribution in [-0.2, 0) is 16.6 Å². The highest BCUT2D eigenvalue weighted by Crippen LogP contribution is 2.64. The van der Waals surface area contributed by atoms with Gasteiger partial charge in [0.25, 0.3) is 5.91 Å². The number of amides is 1.